The van der Waals surface area contributed by atoms with Crippen molar-refractivity contribution in [2.45, 2.75) is 38.2 Å². The normalized spacial score (nSPS) is 18.7. The Morgan fingerprint density at radius 1 is 1.40 bits per heavy atom. The topological polar surface area (TPSA) is 20.2 Å². The zero-order chi connectivity index (χ0) is 10.7. The lowest BCUT2D eigenvalue weighted by Gasteiger charge is -2.15. The van der Waals surface area contributed by atoms with Gasteiger partial charge in [-0.25, -0.2) is 0 Å². The molecule has 15 heavy (non-hydrogen) atoms. The highest BCUT2D eigenvalue weighted by atomic mass is 35.5. The highest BCUT2D eigenvalue weighted by Crippen LogP contribution is 2.32. The third-order valence-electron chi connectivity index (χ3n) is 2.76. The summed E-state index contributed by atoms with van der Waals surface area (Å²) in [5.41, 5.74) is 1.40. The Labute approximate surface area is 99.4 Å². The van der Waals surface area contributed by atoms with Crippen molar-refractivity contribution in [3.8, 4) is 0 Å². The molecule has 82 valence electrons. The molecule has 2 rings (SSSR count). The predicted molar refractivity (Wildman–Crippen MR) is 65.5 cm³/mol. The molecule has 3 heteroatoms. The number of aliphatic hydroxyl groups excluding tert-OH is 1. The van der Waals surface area contributed by atoms with Gasteiger partial charge in [0.15, 0.2) is 0 Å². The first-order valence-corrected chi connectivity index (χ1v) is 6.56. The monoisotopic (exact) mass is 242 g/mol. The largest absolute Gasteiger partial charge is 0.387 e. The lowest BCUT2D eigenvalue weighted by molar-refractivity contribution is 0.180. The molecule has 0 fully saturated rings. The van der Waals surface area contributed by atoms with Crippen molar-refractivity contribution in [3.63, 3.8) is 0 Å². The van der Waals surface area contributed by atoms with E-state index in [-0.39, 0.29) is 6.10 Å². The summed E-state index contributed by atoms with van der Waals surface area (Å²) >= 11 is 7.31. The molecule has 1 aromatic heterocycles. The van der Waals surface area contributed by atoms with Gasteiger partial charge >= 0.3 is 0 Å². The van der Waals surface area contributed by atoms with Gasteiger partial charge in [-0.05, 0) is 44.2 Å². The highest BCUT2D eigenvalue weighted by molar-refractivity contribution is 7.16. The lowest BCUT2D eigenvalue weighted by atomic mass is 9.95. The Kier molecular flexibility index (Phi) is 3.84. The second kappa shape index (κ2) is 5.15. The lowest BCUT2D eigenvalue weighted by Crippen LogP contribution is -1.99. The molecule has 1 aromatic rings. The van der Waals surface area contributed by atoms with E-state index in [1.165, 1.54) is 36.2 Å². The van der Waals surface area contributed by atoms with Crippen LogP contribution in [0.5, 0.6) is 0 Å². The third kappa shape index (κ3) is 3.07. The maximum absolute atomic E-state index is 10.00. The Morgan fingerprint density at radius 3 is 2.87 bits per heavy atom. The molecule has 1 nitrogen and oxygen atoms in total. The molecule has 1 aliphatic rings. The minimum atomic E-state index is -0.369. The third-order valence-corrected chi connectivity index (χ3v) is 4.10. The van der Waals surface area contributed by atoms with Crippen molar-refractivity contribution >= 4 is 22.9 Å². The average molecular weight is 243 g/mol. The van der Waals surface area contributed by atoms with Crippen LogP contribution in [0.25, 0.3) is 0 Å². The smallest absolute Gasteiger partial charge is 0.0932 e. The molecule has 0 spiro atoms. The summed E-state index contributed by atoms with van der Waals surface area (Å²) in [6.45, 7) is 0. The van der Waals surface area contributed by atoms with E-state index in [4.69, 9.17) is 11.6 Å². The first-order valence-electron chi connectivity index (χ1n) is 5.37. The molecule has 1 aliphatic carbocycles. The van der Waals surface area contributed by atoms with Crippen LogP contribution in [-0.2, 0) is 0 Å². The van der Waals surface area contributed by atoms with Crippen LogP contribution in [0.2, 0.25) is 4.34 Å². The maximum atomic E-state index is 10.00. The Hall–Kier alpha value is -0.310. The number of thiophene rings is 1. The summed E-state index contributed by atoms with van der Waals surface area (Å²) in [5.74, 6) is 0. The average Bonchev–Trinajstić information content (AvgIpc) is 2.66. The molecule has 0 bridgehead atoms. The second-order valence-corrected chi connectivity index (χ2v) is 5.72. The van der Waals surface area contributed by atoms with E-state index in [1.807, 2.05) is 12.1 Å². The maximum Gasteiger partial charge on any atom is 0.0932 e. The van der Waals surface area contributed by atoms with Crippen molar-refractivity contribution in [2.75, 3.05) is 0 Å². The van der Waals surface area contributed by atoms with Crippen molar-refractivity contribution < 1.29 is 5.11 Å². The fourth-order valence-corrected chi connectivity index (χ4v) is 2.99. The van der Waals surface area contributed by atoms with Gasteiger partial charge in [-0.1, -0.05) is 23.3 Å². The molecule has 1 unspecified atom stereocenters. The summed E-state index contributed by atoms with van der Waals surface area (Å²) in [4.78, 5) is 0.978. The van der Waals surface area contributed by atoms with Crippen molar-refractivity contribution in [3.05, 3.63) is 33.0 Å². The van der Waals surface area contributed by atoms with Gasteiger partial charge in [-0.2, -0.15) is 0 Å². The number of hydrogen-bond acceptors (Lipinski definition) is 2. The number of hydrogen-bond donors (Lipinski definition) is 1. The molecule has 1 atom stereocenters. The van der Waals surface area contributed by atoms with E-state index in [9.17, 15) is 5.11 Å². The molecular formula is C12H15ClOS. The number of allylic oxidation sites excluding steroid dienone is 1. The predicted octanol–water partition coefficient (Wildman–Crippen LogP) is 4.33. The van der Waals surface area contributed by atoms with Crippen LogP contribution in [0.15, 0.2) is 23.8 Å². The number of halogens is 1. The summed E-state index contributed by atoms with van der Waals surface area (Å²) in [7, 11) is 0. The first kappa shape index (κ1) is 11.2. The van der Waals surface area contributed by atoms with Crippen molar-refractivity contribution in [1.82, 2.24) is 0 Å². The molecule has 0 aromatic carbocycles. The quantitative estimate of drug-likeness (QED) is 0.783. The number of aliphatic hydroxyl groups is 1. The Bertz CT molecular complexity index is 356. The van der Waals surface area contributed by atoms with Crippen LogP contribution in [0.3, 0.4) is 0 Å². The van der Waals surface area contributed by atoms with Crippen molar-refractivity contribution in [1.29, 1.82) is 0 Å². The zero-order valence-corrected chi connectivity index (χ0v) is 10.2. The van der Waals surface area contributed by atoms with Crippen LogP contribution in [0.4, 0.5) is 0 Å². The standard InChI is InChI=1S/C12H15ClOS/c13-12-7-6-11(15-12)10(14)8-9-4-2-1-3-5-9/h4,6-7,10,14H,1-3,5,8H2. The van der Waals surface area contributed by atoms with E-state index in [1.54, 1.807) is 0 Å². The molecule has 0 radical (unpaired) electrons. The van der Waals surface area contributed by atoms with Gasteiger partial charge in [0.2, 0.25) is 0 Å². The fourth-order valence-electron chi connectivity index (χ4n) is 1.95. The Balaban J connectivity index is 1.97. The first-order chi connectivity index (χ1) is 7.25. The minimum absolute atomic E-state index is 0.369. The van der Waals surface area contributed by atoms with E-state index < -0.39 is 0 Å². The molecule has 0 saturated carbocycles. The Morgan fingerprint density at radius 2 is 2.27 bits per heavy atom. The van der Waals surface area contributed by atoms with Crippen LogP contribution < -0.4 is 0 Å². The molecule has 1 heterocycles. The zero-order valence-electron chi connectivity index (χ0n) is 8.58. The summed E-state index contributed by atoms with van der Waals surface area (Å²) < 4.78 is 0.752. The van der Waals surface area contributed by atoms with Gasteiger partial charge < -0.3 is 5.11 Å². The van der Waals surface area contributed by atoms with Gasteiger partial charge in [0, 0.05) is 4.88 Å². The van der Waals surface area contributed by atoms with E-state index in [0.29, 0.717) is 0 Å². The minimum Gasteiger partial charge on any atom is -0.387 e. The second-order valence-electron chi connectivity index (χ2n) is 3.97. The number of rotatable bonds is 3. The van der Waals surface area contributed by atoms with Crippen LogP contribution >= 0.6 is 22.9 Å². The van der Waals surface area contributed by atoms with Gasteiger partial charge in [0.1, 0.15) is 0 Å². The summed E-state index contributed by atoms with van der Waals surface area (Å²) in [6, 6.07) is 3.76. The molecule has 0 aliphatic heterocycles. The van der Waals surface area contributed by atoms with Crippen molar-refractivity contribution in [2.24, 2.45) is 0 Å². The highest BCUT2D eigenvalue weighted by Gasteiger charge is 2.13. The van der Waals surface area contributed by atoms with Crippen LogP contribution in [0.1, 0.15) is 43.1 Å². The fraction of sp³-hybridized carbons (Fsp3) is 0.500. The SMILES string of the molecule is OC(CC1=CCCCC1)c1ccc(Cl)s1. The molecule has 0 amide bonds. The molecular weight excluding hydrogens is 228 g/mol. The molecule has 1 N–H and O–H groups in total. The molecule has 0 saturated heterocycles. The summed E-state index contributed by atoms with van der Waals surface area (Å²) in [6.07, 6.45) is 7.57. The summed E-state index contributed by atoms with van der Waals surface area (Å²) in [5, 5.41) is 10.00. The van der Waals surface area contributed by atoms with Gasteiger partial charge in [0.25, 0.3) is 0 Å². The van der Waals surface area contributed by atoms with Crippen LogP contribution in [0, 0.1) is 0 Å². The van der Waals surface area contributed by atoms with Gasteiger partial charge in [0.05, 0.1) is 10.4 Å². The van der Waals surface area contributed by atoms with E-state index >= 15 is 0 Å². The van der Waals surface area contributed by atoms with Gasteiger partial charge in [-0.15, -0.1) is 11.3 Å². The van der Waals surface area contributed by atoms with Crippen LogP contribution in [-0.4, -0.2) is 5.11 Å². The van der Waals surface area contributed by atoms with E-state index in [2.05, 4.69) is 6.08 Å². The van der Waals surface area contributed by atoms with E-state index in [0.717, 1.165) is 22.1 Å². The van der Waals surface area contributed by atoms with Gasteiger partial charge in [-0.3, -0.25) is 0 Å².